The minimum absolute atomic E-state index is 0.0144. The third kappa shape index (κ3) is 3.39. The molecule has 0 radical (unpaired) electrons. The zero-order valence-electron chi connectivity index (χ0n) is 16.9. The number of carbonyl (C=O) groups excluding carboxylic acids is 2. The van der Waals surface area contributed by atoms with E-state index in [-0.39, 0.29) is 30.3 Å². The first kappa shape index (κ1) is 18.5. The van der Waals surface area contributed by atoms with Gasteiger partial charge in [0.2, 0.25) is 11.8 Å². The maximum absolute atomic E-state index is 13.0. The van der Waals surface area contributed by atoms with Crippen LogP contribution >= 0.6 is 0 Å². The van der Waals surface area contributed by atoms with E-state index in [9.17, 15) is 9.59 Å². The van der Waals surface area contributed by atoms with Gasteiger partial charge in [-0.25, -0.2) is 0 Å². The topological polar surface area (TPSA) is 58.4 Å². The zero-order chi connectivity index (χ0) is 19.1. The van der Waals surface area contributed by atoms with Gasteiger partial charge in [0.25, 0.3) is 0 Å². The van der Waals surface area contributed by atoms with Crippen LogP contribution in [0.4, 0.5) is 0 Å². The molecule has 1 aliphatic carbocycles. The van der Waals surface area contributed by atoms with Gasteiger partial charge in [0, 0.05) is 31.4 Å². The van der Waals surface area contributed by atoms with Gasteiger partial charge in [0.15, 0.2) is 0 Å². The molecule has 0 unspecified atom stereocenters. The normalized spacial score (nSPS) is 25.7. The highest BCUT2D eigenvalue weighted by atomic mass is 16.2. The third-order valence-corrected chi connectivity index (χ3v) is 7.00. The van der Waals surface area contributed by atoms with E-state index >= 15 is 0 Å². The molecule has 3 saturated heterocycles. The Morgan fingerprint density at radius 1 is 1.15 bits per heavy atom. The van der Waals surface area contributed by atoms with Gasteiger partial charge < -0.3 is 9.80 Å². The van der Waals surface area contributed by atoms with Crippen molar-refractivity contribution in [2.45, 2.75) is 71.9 Å². The second-order valence-corrected chi connectivity index (χ2v) is 8.67. The monoisotopic (exact) mass is 372 g/mol. The first-order valence-corrected chi connectivity index (χ1v) is 10.6. The molecule has 6 heteroatoms. The van der Waals surface area contributed by atoms with E-state index < -0.39 is 0 Å². The van der Waals surface area contributed by atoms with E-state index in [1.807, 2.05) is 23.4 Å². The first-order chi connectivity index (χ1) is 13.0. The molecule has 0 aromatic carbocycles. The molecule has 4 aliphatic rings. The quantitative estimate of drug-likeness (QED) is 0.797. The Balaban J connectivity index is 1.46. The van der Waals surface area contributed by atoms with Crippen LogP contribution in [0.3, 0.4) is 0 Å². The molecule has 148 valence electrons. The molecule has 0 N–H and O–H groups in total. The van der Waals surface area contributed by atoms with Crippen LogP contribution in [0.2, 0.25) is 0 Å². The molecule has 4 heterocycles. The summed E-state index contributed by atoms with van der Waals surface area (Å²) in [5.41, 5.74) is 3.34. The Kier molecular flexibility index (Phi) is 4.99. The fourth-order valence-electron chi connectivity index (χ4n) is 5.07. The summed E-state index contributed by atoms with van der Waals surface area (Å²) in [7, 11) is 0. The molecular weight excluding hydrogens is 340 g/mol. The number of aryl methyl sites for hydroxylation is 1. The van der Waals surface area contributed by atoms with E-state index in [0.29, 0.717) is 19.0 Å². The molecule has 4 fully saturated rings. The Morgan fingerprint density at radius 2 is 1.93 bits per heavy atom. The molecule has 2 amide bonds. The maximum atomic E-state index is 13.0. The molecule has 0 spiro atoms. The smallest absolute Gasteiger partial charge is 0.244 e. The Hall–Kier alpha value is -1.85. The number of carbonyl (C=O) groups is 2. The van der Waals surface area contributed by atoms with E-state index in [4.69, 9.17) is 0 Å². The largest absolute Gasteiger partial charge is 0.338 e. The number of nitrogens with zero attached hydrogens (tertiary/aromatic N) is 4. The van der Waals surface area contributed by atoms with Crippen LogP contribution in [-0.2, 0) is 22.6 Å². The molecular formula is C21H32N4O2. The van der Waals surface area contributed by atoms with E-state index in [0.717, 1.165) is 37.2 Å². The number of piperidine rings is 1. The van der Waals surface area contributed by atoms with Crippen molar-refractivity contribution in [2.75, 3.05) is 19.6 Å². The van der Waals surface area contributed by atoms with Crippen molar-refractivity contribution in [3.63, 3.8) is 0 Å². The molecule has 2 atom stereocenters. The van der Waals surface area contributed by atoms with Crippen LogP contribution in [0.15, 0.2) is 0 Å². The van der Waals surface area contributed by atoms with Gasteiger partial charge in [-0.15, -0.1) is 0 Å². The number of amides is 2. The summed E-state index contributed by atoms with van der Waals surface area (Å²) in [6.07, 6.45) is 6.70. The summed E-state index contributed by atoms with van der Waals surface area (Å²) in [6.45, 7) is 8.63. The van der Waals surface area contributed by atoms with Crippen molar-refractivity contribution < 1.29 is 9.59 Å². The lowest BCUT2D eigenvalue weighted by Gasteiger charge is -2.40. The van der Waals surface area contributed by atoms with E-state index in [1.165, 1.54) is 24.8 Å². The predicted molar refractivity (Wildman–Crippen MR) is 103 cm³/mol. The molecule has 2 bridgehead atoms. The van der Waals surface area contributed by atoms with E-state index in [2.05, 4.69) is 16.9 Å². The summed E-state index contributed by atoms with van der Waals surface area (Å²) < 4.78 is 1.84. The fourth-order valence-corrected chi connectivity index (χ4v) is 5.07. The highest BCUT2D eigenvalue weighted by Crippen LogP contribution is 2.34. The number of rotatable bonds is 5. The SMILES string of the molecule is CCc1c(C)nn(CC(=O)N2C[C@@H]3CC[C@H](C2)N(CC2CCC2)C3=O)c1C. The highest BCUT2D eigenvalue weighted by Gasteiger charge is 2.42. The van der Waals surface area contributed by atoms with Gasteiger partial charge in [-0.05, 0) is 57.4 Å². The van der Waals surface area contributed by atoms with Crippen molar-refractivity contribution in [1.29, 1.82) is 0 Å². The van der Waals surface area contributed by atoms with Crippen LogP contribution in [0.5, 0.6) is 0 Å². The van der Waals surface area contributed by atoms with Gasteiger partial charge in [-0.2, -0.15) is 5.10 Å². The van der Waals surface area contributed by atoms with Gasteiger partial charge >= 0.3 is 0 Å². The van der Waals surface area contributed by atoms with Crippen LogP contribution in [0, 0.1) is 25.7 Å². The van der Waals surface area contributed by atoms with Gasteiger partial charge in [-0.3, -0.25) is 14.3 Å². The standard InChI is InChI=1S/C21H32N4O2/c1-4-19-14(2)22-25(15(19)3)13-20(26)23-11-17-8-9-18(12-23)24(21(17)27)10-16-6-5-7-16/h16-18H,4-13H2,1-3H3/t17-,18+/m0/s1. The molecule has 1 aromatic heterocycles. The average Bonchev–Trinajstić information content (AvgIpc) is 2.77. The van der Waals surface area contributed by atoms with Crippen molar-refractivity contribution in [1.82, 2.24) is 19.6 Å². The zero-order valence-corrected chi connectivity index (χ0v) is 16.9. The average molecular weight is 373 g/mol. The molecule has 1 aromatic rings. The first-order valence-electron chi connectivity index (χ1n) is 10.6. The lowest BCUT2D eigenvalue weighted by molar-refractivity contribution is -0.141. The van der Waals surface area contributed by atoms with Crippen LogP contribution < -0.4 is 0 Å². The van der Waals surface area contributed by atoms with Gasteiger partial charge in [0.05, 0.1) is 11.6 Å². The predicted octanol–water partition coefficient (Wildman–Crippen LogP) is 2.31. The van der Waals surface area contributed by atoms with Crippen LogP contribution in [0.1, 0.15) is 56.0 Å². The summed E-state index contributed by atoms with van der Waals surface area (Å²) in [4.78, 5) is 30.0. The summed E-state index contributed by atoms with van der Waals surface area (Å²) in [5.74, 6) is 1.05. The van der Waals surface area contributed by atoms with Crippen molar-refractivity contribution in [2.24, 2.45) is 11.8 Å². The second kappa shape index (κ2) is 7.28. The Bertz CT molecular complexity index is 737. The summed E-state index contributed by atoms with van der Waals surface area (Å²) in [6, 6.07) is 0.201. The van der Waals surface area contributed by atoms with Crippen molar-refractivity contribution in [3.8, 4) is 0 Å². The van der Waals surface area contributed by atoms with Crippen molar-refractivity contribution in [3.05, 3.63) is 17.0 Å². The molecule has 1 saturated carbocycles. The van der Waals surface area contributed by atoms with Crippen molar-refractivity contribution >= 4 is 11.8 Å². The molecule has 27 heavy (non-hydrogen) atoms. The van der Waals surface area contributed by atoms with E-state index in [1.54, 1.807) is 0 Å². The number of hydrogen-bond donors (Lipinski definition) is 0. The lowest BCUT2D eigenvalue weighted by Crippen LogP contribution is -2.50. The highest BCUT2D eigenvalue weighted by molar-refractivity contribution is 5.83. The second-order valence-electron chi connectivity index (χ2n) is 8.67. The fraction of sp³-hybridized carbons (Fsp3) is 0.762. The Labute approximate surface area is 161 Å². The molecule has 5 rings (SSSR count). The number of fused-ring (bicyclic) bond motifs is 4. The van der Waals surface area contributed by atoms with Gasteiger partial charge in [0.1, 0.15) is 6.54 Å². The van der Waals surface area contributed by atoms with Crippen LogP contribution in [-0.4, -0.2) is 57.1 Å². The maximum Gasteiger partial charge on any atom is 0.244 e. The Morgan fingerprint density at radius 3 is 2.56 bits per heavy atom. The van der Waals surface area contributed by atoms with Gasteiger partial charge in [-0.1, -0.05) is 13.3 Å². The molecule has 3 aliphatic heterocycles. The number of aromatic nitrogens is 2. The number of hydrogen-bond acceptors (Lipinski definition) is 3. The summed E-state index contributed by atoms with van der Waals surface area (Å²) in [5, 5.41) is 4.57. The third-order valence-electron chi connectivity index (χ3n) is 7.00. The lowest BCUT2D eigenvalue weighted by atomic mass is 9.83. The minimum Gasteiger partial charge on any atom is -0.338 e. The summed E-state index contributed by atoms with van der Waals surface area (Å²) >= 11 is 0. The van der Waals surface area contributed by atoms with Crippen LogP contribution in [0.25, 0.3) is 0 Å². The molecule has 6 nitrogen and oxygen atoms in total. The minimum atomic E-state index is -0.0144.